The van der Waals surface area contributed by atoms with E-state index in [-0.39, 0.29) is 12.1 Å². The van der Waals surface area contributed by atoms with Crippen molar-refractivity contribution in [3.8, 4) is 0 Å². The maximum atomic E-state index is 11.6. The van der Waals surface area contributed by atoms with Gasteiger partial charge in [-0.1, -0.05) is 29.0 Å². The largest absolute Gasteiger partial charge is 0.450 e. The lowest BCUT2D eigenvalue weighted by atomic mass is 10.1. The molecule has 146 valence electrons. The molecule has 2 heterocycles. The Labute approximate surface area is 168 Å². The molecule has 0 bridgehead atoms. The van der Waals surface area contributed by atoms with E-state index in [1.54, 1.807) is 6.92 Å². The van der Waals surface area contributed by atoms with Crippen molar-refractivity contribution in [1.82, 2.24) is 20.0 Å². The van der Waals surface area contributed by atoms with Crippen LogP contribution in [0.5, 0.6) is 0 Å². The summed E-state index contributed by atoms with van der Waals surface area (Å²) in [5, 5.41) is 11.6. The average molecular weight is 408 g/mol. The van der Waals surface area contributed by atoms with E-state index in [1.807, 2.05) is 16.8 Å². The highest BCUT2D eigenvalue weighted by atomic mass is 32.1. The van der Waals surface area contributed by atoms with Gasteiger partial charge in [-0.3, -0.25) is 4.90 Å². The molecule has 1 aliphatic heterocycles. The van der Waals surface area contributed by atoms with Crippen LogP contribution in [0.15, 0.2) is 24.3 Å². The molecule has 2 N–H and O–H groups in total. The number of carbonyl (C=O) groups excluding carboxylic acids is 1. The van der Waals surface area contributed by atoms with Crippen molar-refractivity contribution < 1.29 is 9.53 Å². The molecule has 0 spiro atoms. The standard InChI is InChI=1S/C18H25N5O2S2/c1-3-25-17(24)20-15-5-4-10-22(11-15)12-23-18(26)27-16(21-23)19-14-8-6-13(2)7-9-14/h6-9,15H,3-5,10-12H2,1-2H3,(H,19,21)(H,20,24). The molecule has 7 nitrogen and oxygen atoms in total. The van der Waals surface area contributed by atoms with E-state index in [9.17, 15) is 4.79 Å². The second-order valence-corrected chi connectivity index (χ2v) is 8.21. The highest BCUT2D eigenvalue weighted by Crippen LogP contribution is 2.21. The van der Waals surface area contributed by atoms with Crippen molar-refractivity contribution in [3.63, 3.8) is 0 Å². The predicted octanol–water partition coefficient (Wildman–Crippen LogP) is 3.89. The van der Waals surface area contributed by atoms with Gasteiger partial charge in [-0.25, -0.2) is 9.48 Å². The summed E-state index contributed by atoms with van der Waals surface area (Å²) in [6, 6.07) is 8.27. The predicted molar refractivity (Wildman–Crippen MR) is 110 cm³/mol. The molecule has 3 rings (SSSR count). The zero-order chi connectivity index (χ0) is 19.2. The van der Waals surface area contributed by atoms with Gasteiger partial charge in [-0.05, 0) is 51.0 Å². The summed E-state index contributed by atoms with van der Waals surface area (Å²) in [5.74, 6) is 0. The maximum absolute atomic E-state index is 11.6. The first-order valence-corrected chi connectivity index (χ1v) is 10.3. The summed E-state index contributed by atoms with van der Waals surface area (Å²) in [7, 11) is 0. The van der Waals surface area contributed by atoms with E-state index in [2.05, 4.69) is 39.7 Å². The number of hydrogen-bond acceptors (Lipinski definition) is 7. The molecule has 1 fully saturated rings. The van der Waals surface area contributed by atoms with Gasteiger partial charge in [0.15, 0.2) is 3.95 Å². The van der Waals surface area contributed by atoms with Gasteiger partial charge in [0.05, 0.1) is 13.3 Å². The number of hydrogen-bond donors (Lipinski definition) is 2. The van der Waals surface area contributed by atoms with Crippen molar-refractivity contribution in [3.05, 3.63) is 33.8 Å². The van der Waals surface area contributed by atoms with Gasteiger partial charge in [-0.15, -0.1) is 5.10 Å². The first kappa shape index (κ1) is 19.8. The monoisotopic (exact) mass is 407 g/mol. The van der Waals surface area contributed by atoms with Gasteiger partial charge in [0.2, 0.25) is 5.13 Å². The van der Waals surface area contributed by atoms with E-state index in [0.29, 0.717) is 13.3 Å². The number of anilines is 2. The number of nitrogens with one attached hydrogen (secondary N) is 2. The second kappa shape index (κ2) is 9.29. The molecular formula is C18H25N5O2S2. The van der Waals surface area contributed by atoms with Gasteiger partial charge in [0, 0.05) is 24.8 Å². The number of alkyl carbamates (subject to hydrolysis) is 1. The summed E-state index contributed by atoms with van der Waals surface area (Å²) in [5.41, 5.74) is 2.21. The lowest BCUT2D eigenvalue weighted by Crippen LogP contribution is -2.48. The van der Waals surface area contributed by atoms with Crippen LogP contribution in [0.2, 0.25) is 0 Å². The molecule has 1 atom stereocenters. The van der Waals surface area contributed by atoms with Crippen molar-refractivity contribution in [2.75, 3.05) is 25.0 Å². The number of piperidine rings is 1. The molecule has 9 heteroatoms. The molecule has 0 radical (unpaired) electrons. The van der Waals surface area contributed by atoms with Gasteiger partial charge < -0.3 is 15.4 Å². The van der Waals surface area contributed by atoms with Crippen LogP contribution in [0.1, 0.15) is 25.3 Å². The first-order valence-electron chi connectivity index (χ1n) is 9.11. The second-order valence-electron chi connectivity index (χ2n) is 6.59. The minimum absolute atomic E-state index is 0.0933. The molecule has 1 aliphatic rings. The fourth-order valence-corrected chi connectivity index (χ4v) is 4.05. The number of rotatable bonds is 6. The smallest absolute Gasteiger partial charge is 0.407 e. The van der Waals surface area contributed by atoms with E-state index >= 15 is 0 Å². The maximum Gasteiger partial charge on any atom is 0.407 e. The molecule has 0 aliphatic carbocycles. The molecule has 27 heavy (non-hydrogen) atoms. The topological polar surface area (TPSA) is 71.4 Å². The zero-order valence-electron chi connectivity index (χ0n) is 15.6. The van der Waals surface area contributed by atoms with Crippen molar-refractivity contribution >= 4 is 40.5 Å². The van der Waals surface area contributed by atoms with Crippen LogP contribution in [-0.4, -0.2) is 46.5 Å². The van der Waals surface area contributed by atoms with Gasteiger partial charge in [-0.2, -0.15) is 0 Å². The third-order valence-electron chi connectivity index (χ3n) is 4.35. The number of amides is 1. The summed E-state index contributed by atoms with van der Waals surface area (Å²) >= 11 is 6.93. The molecule has 1 saturated heterocycles. The Morgan fingerprint density at radius 1 is 1.41 bits per heavy atom. The Morgan fingerprint density at radius 2 is 2.19 bits per heavy atom. The minimum Gasteiger partial charge on any atom is -0.450 e. The Morgan fingerprint density at radius 3 is 2.93 bits per heavy atom. The molecule has 1 aromatic heterocycles. The molecule has 1 aromatic carbocycles. The highest BCUT2D eigenvalue weighted by Gasteiger charge is 2.22. The Bertz CT molecular complexity index is 818. The van der Waals surface area contributed by atoms with E-state index < -0.39 is 0 Å². The number of aryl methyl sites for hydroxylation is 1. The van der Waals surface area contributed by atoms with Crippen LogP contribution in [0, 0.1) is 10.9 Å². The van der Waals surface area contributed by atoms with Crippen LogP contribution < -0.4 is 10.6 Å². The number of nitrogens with zero attached hydrogens (tertiary/aromatic N) is 3. The van der Waals surface area contributed by atoms with Crippen LogP contribution in [0.25, 0.3) is 0 Å². The number of aromatic nitrogens is 2. The Kier molecular flexibility index (Phi) is 6.81. The number of carbonyl (C=O) groups is 1. The first-order chi connectivity index (χ1) is 13.0. The van der Waals surface area contributed by atoms with E-state index in [4.69, 9.17) is 17.0 Å². The molecule has 1 unspecified atom stereocenters. The Balaban J connectivity index is 1.58. The third-order valence-corrected chi connectivity index (χ3v) is 5.57. The van der Waals surface area contributed by atoms with Crippen molar-refractivity contribution in [1.29, 1.82) is 0 Å². The molecule has 2 aromatic rings. The van der Waals surface area contributed by atoms with Crippen LogP contribution in [0.4, 0.5) is 15.6 Å². The van der Waals surface area contributed by atoms with Crippen molar-refractivity contribution in [2.45, 2.75) is 39.4 Å². The van der Waals surface area contributed by atoms with Crippen molar-refractivity contribution in [2.24, 2.45) is 0 Å². The van der Waals surface area contributed by atoms with Crippen LogP contribution in [-0.2, 0) is 11.4 Å². The van der Waals surface area contributed by atoms with Crippen LogP contribution >= 0.6 is 23.6 Å². The fourth-order valence-electron chi connectivity index (χ4n) is 3.04. The van der Waals surface area contributed by atoms with Gasteiger partial charge in [0.25, 0.3) is 0 Å². The third kappa shape index (κ3) is 5.75. The van der Waals surface area contributed by atoms with E-state index in [0.717, 1.165) is 40.7 Å². The number of ether oxygens (including phenoxy) is 1. The zero-order valence-corrected chi connectivity index (χ0v) is 17.2. The average Bonchev–Trinajstić information content (AvgIpc) is 2.96. The molecule has 1 amide bonds. The minimum atomic E-state index is -0.348. The van der Waals surface area contributed by atoms with E-state index in [1.165, 1.54) is 16.9 Å². The Hall–Kier alpha value is -1.97. The summed E-state index contributed by atoms with van der Waals surface area (Å²) in [6.07, 6.45) is 1.63. The quantitative estimate of drug-likeness (QED) is 0.708. The van der Waals surface area contributed by atoms with Gasteiger partial charge >= 0.3 is 6.09 Å². The SMILES string of the molecule is CCOC(=O)NC1CCCN(Cn2nc(Nc3ccc(C)cc3)sc2=S)C1. The van der Waals surface area contributed by atoms with Gasteiger partial charge in [0.1, 0.15) is 0 Å². The lowest BCUT2D eigenvalue weighted by Gasteiger charge is -2.32. The number of benzene rings is 1. The number of likely N-dealkylation sites (tertiary alicyclic amines) is 1. The summed E-state index contributed by atoms with van der Waals surface area (Å²) < 4.78 is 7.54. The lowest BCUT2D eigenvalue weighted by molar-refractivity contribution is 0.121. The fraction of sp³-hybridized carbons (Fsp3) is 0.500. The normalized spacial score (nSPS) is 17.5. The molecular weight excluding hydrogens is 382 g/mol. The van der Waals surface area contributed by atoms with Crippen LogP contribution in [0.3, 0.4) is 0 Å². The summed E-state index contributed by atoms with van der Waals surface area (Å²) in [4.78, 5) is 13.9. The highest BCUT2D eigenvalue weighted by molar-refractivity contribution is 7.73. The molecule has 0 saturated carbocycles. The summed E-state index contributed by atoms with van der Waals surface area (Å²) in [6.45, 7) is 6.59.